The number of nitrogens with two attached hydrogens (primary N) is 1. The molecule has 3 rings (SSSR count). The van der Waals surface area contributed by atoms with E-state index in [2.05, 4.69) is 0 Å². The Hall–Kier alpha value is -2.20. The van der Waals surface area contributed by atoms with E-state index in [-0.39, 0.29) is 24.1 Å². The fourth-order valence-electron chi connectivity index (χ4n) is 2.56. The fraction of sp³-hybridized carbons (Fsp3) is 0.278. The molecule has 2 aromatic rings. The minimum atomic E-state index is -0.0115. The number of halogens is 1. The van der Waals surface area contributed by atoms with E-state index in [0.29, 0.717) is 23.7 Å². The zero-order valence-corrected chi connectivity index (χ0v) is 13.6. The number of phenols is 1. The van der Waals surface area contributed by atoms with Gasteiger partial charge in [-0.3, -0.25) is 4.79 Å². The summed E-state index contributed by atoms with van der Waals surface area (Å²) >= 11 is 0. The van der Waals surface area contributed by atoms with Gasteiger partial charge in [0.05, 0.1) is 0 Å². The second kappa shape index (κ2) is 7.38. The summed E-state index contributed by atoms with van der Waals surface area (Å²) in [6, 6.07) is 14.1. The lowest BCUT2D eigenvalue weighted by Gasteiger charge is -2.23. The first-order valence-electron chi connectivity index (χ1n) is 7.54. The van der Waals surface area contributed by atoms with Crippen molar-refractivity contribution < 1.29 is 9.90 Å². The number of hydrogen-bond acceptors (Lipinski definition) is 3. The van der Waals surface area contributed by atoms with Gasteiger partial charge >= 0.3 is 0 Å². The molecule has 0 spiro atoms. The Labute approximate surface area is 142 Å². The van der Waals surface area contributed by atoms with E-state index < -0.39 is 0 Å². The van der Waals surface area contributed by atoms with E-state index in [9.17, 15) is 9.90 Å². The normalized spacial score (nSPS) is 13.2. The molecule has 1 fully saturated rings. The topological polar surface area (TPSA) is 66.6 Å². The smallest absolute Gasteiger partial charge is 0.254 e. The highest BCUT2D eigenvalue weighted by atomic mass is 35.5. The van der Waals surface area contributed by atoms with Crippen LogP contribution in [0, 0.1) is 5.92 Å². The summed E-state index contributed by atoms with van der Waals surface area (Å²) in [5.74, 6) is 0.810. The van der Waals surface area contributed by atoms with Gasteiger partial charge < -0.3 is 15.7 Å². The summed E-state index contributed by atoms with van der Waals surface area (Å²) in [5.41, 5.74) is 7.91. The summed E-state index contributed by atoms with van der Waals surface area (Å²) in [7, 11) is 0. The number of hydrogen-bond donors (Lipinski definition) is 2. The van der Waals surface area contributed by atoms with Gasteiger partial charge in [0.1, 0.15) is 5.75 Å². The maximum absolute atomic E-state index is 12.8. The number of carbonyl (C=O) groups excluding carboxylic acids is 1. The third-order valence-electron chi connectivity index (χ3n) is 3.88. The summed E-state index contributed by atoms with van der Waals surface area (Å²) in [6.07, 6.45) is 2.36. The van der Waals surface area contributed by atoms with Crippen molar-refractivity contribution in [3.63, 3.8) is 0 Å². The van der Waals surface area contributed by atoms with Gasteiger partial charge in [0.2, 0.25) is 0 Å². The summed E-state index contributed by atoms with van der Waals surface area (Å²) < 4.78 is 0. The first-order chi connectivity index (χ1) is 10.6. The lowest BCUT2D eigenvalue weighted by Crippen LogP contribution is -2.32. The quantitative estimate of drug-likeness (QED) is 0.824. The third-order valence-corrected chi connectivity index (χ3v) is 3.88. The van der Waals surface area contributed by atoms with E-state index in [1.807, 2.05) is 11.0 Å². The zero-order chi connectivity index (χ0) is 15.5. The molecule has 23 heavy (non-hydrogen) atoms. The van der Waals surface area contributed by atoms with Crippen LogP contribution in [0.2, 0.25) is 0 Å². The van der Waals surface area contributed by atoms with Crippen LogP contribution in [0.15, 0.2) is 48.5 Å². The Morgan fingerprint density at radius 3 is 2.57 bits per heavy atom. The first-order valence-corrected chi connectivity index (χ1v) is 7.54. The Bertz CT molecular complexity index is 686. The maximum atomic E-state index is 12.8. The van der Waals surface area contributed by atoms with Crippen LogP contribution in [0.5, 0.6) is 5.75 Å². The second-order valence-electron chi connectivity index (χ2n) is 5.92. The minimum Gasteiger partial charge on any atom is -0.508 e. The number of phenolic OH excluding ortho intramolecular Hbond substituents is 1. The first kappa shape index (κ1) is 17.2. The molecule has 3 N–H and O–H groups in total. The van der Waals surface area contributed by atoms with Crippen molar-refractivity contribution in [2.75, 3.05) is 12.3 Å². The number of amides is 1. The molecule has 1 aliphatic carbocycles. The van der Waals surface area contributed by atoms with E-state index in [1.54, 1.807) is 42.5 Å². The Kier molecular flexibility index (Phi) is 5.50. The van der Waals surface area contributed by atoms with E-state index in [4.69, 9.17) is 5.73 Å². The summed E-state index contributed by atoms with van der Waals surface area (Å²) in [6.45, 7) is 1.25. The Morgan fingerprint density at radius 2 is 1.91 bits per heavy atom. The molecule has 1 amide bonds. The van der Waals surface area contributed by atoms with Gasteiger partial charge in [0, 0.05) is 24.3 Å². The molecule has 0 unspecified atom stereocenters. The number of aromatic hydroxyl groups is 1. The van der Waals surface area contributed by atoms with Crippen LogP contribution in [-0.4, -0.2) is 22.5 Å². The molecule has 4 nitrogen and oxygen atoms in total. The van der Waals surface area contributed by atoms with Gasteiger partial charge in [0.15, 0.2) is 0 Å². The molecular formula is C18H21ClN2O2. The van der Waals surface area contributed by atoms with E-state index >= 15 is 0 Å². The molecule has 2 aromatic carbocycles. The summed E-state index contributed by atoms with van der Waals surface area (Å²) in [4.78, 5) is 14.6. The average molecular weight is 333 g/mol. The van der Waals surface area contributed by atoms with E-state index in [1.165, 1.54) is 12.8 Å². The van der Waals surface area contributed by atoms with Gasteiger partial charge in [-0.15, -0.1) is 12.4 Å². The minimum absolute atomic E-state index is 0. The highest BCUT2D eigenvalue weighted by Gasteiger charge is 2.27. The lowest BCUT2D eigenvalue weighted by atomic mass is 10.1. The van der Waals surface area contributed by atoms with Gasteiger partial charge in [-0.1, -0.05) is 18.2 Å². The second-order valence-corrected chi connectivity index (χ2v) is 5.92. The van der Waals surface area contributed by atoms with Gasteiger partial charge in [-0.25, -0.2) is 0 Å². The van der Waals surface area contributed by atoms with Crippen LogP contribution in [0.4, 0.5) is 5.69 Å². The van der Waals surface area contributed by atoms with Crippen molar-refractivity contribution in [2.24, 2.45) is 5.92 Å². The van der Waals surface area contributed by atoms with Crippen LogP contribution in [0.1, 0.15) is 28.8 Å². The molecule has 0 bridgehead atoms. The number of anilines is 1. The summed E-state index contributed by atoms with van der Waals surface area (Å²) in [5, 5.41) is 9.59. The van der Waals surface area contributed by atoms with Crippen LogP contribution < -0.4 is 5.73 Å². The van der Waals surface area contributed by atoms with Gasteiger partial charge in [-0.05, 0) is 54.7 Å². The van der Waals surface area contributed by atoms with Crippen LogP contribution in [0.3, 0.4) is 0 Å². The Balaban J connectivity index is 0.00000192. The third kappa shape index (κ3) is 4.63. The van der Waals surface area contributed by atoms with Crippen LogP contribution in [0.25, 0.3) is 0 Å². The average Bonchev–Trinajstić information content (AvgIpc) is 3.30. The largest absolute Gasteiger partial charge is 0.508 e. The molecule has 1 saturated carbocycles. The number of nitrogen functional groups attached to an aromatic ring is 1. The van der Waals surface area contributed by atoms with E-state index in [0.717, 1.165) is 12.1 Å². The highest BCUT2D eigenvalue weighted by Crippen LogP contribution is 2.31. The molecule has 0 heterocycles. The fourth-order valence-corrected chi connectivity index (χ4v) is 2.56. The van der Waals surface area contributed by atoms with Gasteiger partial charge in [-0.2, -0.15) is 0 Å². The number of nitrogens with zero attached hydrogens (tertiary/aromatic N) is 1. The molecule has 0 aliphatic heterocycles. The zero-order valence-electron chi connectivity index (χ0n) is 12.8. The van der Waals surface area contributed by atoms with Crippen molar-refractivity contribution in [3.8, 4) is 5.75 Å². The number of benzene rings is 2. The standard InChI is InChI=1S/C18H20N2O2.ClH/c19-16-5-2-4-15(10-16)18(22)20(11-13-7-8-13)12-14-3-1-6-17(21)9-14;/h1-6,9-10,13,21H,7-8,11-12,19H2;1H. The van der Waals surface area contributed by atoms with Crippen molar-refractivity contribution in [2.45, 2.75) is 19.4 Å². The highest BCUT2D eigenvalue weighted by molar-refractivity contribution is 5.95. The number of carbonyl (C=O) groups is 1. The predicted molar refractivity (Wildman–Crippen MR) is 93.7 cm³/mol. The Morgan fingerprint density at radius 1 is 1.17 bits per heavy atom. The molecular weight excluding hydrogens is 312 g/mol. The molecule has 0 radical (unpaired) electrons. The molecule has 5 heteroatoms. The SMILES string of the molecule is Cl.Nc1cccc(C(=O)N(Cc2cccc(O)c2)CC2CC2)c1. The van der Waals surface area contributed by atoms with Crippen molar-refractivity contribution in [3.05, 3.63) is 59.7 Å². The lowest BCUT2D eigenvalue weighted by molar-refractivity contribution is 0.0734. The van der Waals surface area contributed by atoms with Crippen molar-refractivity contribution in [1.29, 1.82) is 0 Å². The molecule has 0 aromatic heterocycles. The predicted octanol–water partition coefficient (Wildman–Crippen LogP) is 3.45. The van der Waals surface area contributed by atoms with Crippen LogP contribution >= 0.6 is 12.4 Å². The molecule has 1 aliphatic rings. The molecule has 122 valence electrons. The van der Waals surface area contributed by atoms with Crippen molar-refractivity contribution in [1.82, 2.24) is 4.90 Å². The maximum Gasteiger partial charge on any atom is 0.254 e. The van der Waals surface area contributed by atoms with Crippen LogP contribution in [-0.2, 0) is 6.54 Å². The molecule has 0 atom stereocenters. The monoisotopic (exact) mass is 332 g/mol. The molecule has 0 saturated heterocycles. The number of rotatable bonds is 5. The van der Waals surface area contributed by atoms with Crippen molar-refractivity contribution >= 4 is 24.0 Å². The van der Waals surface area contributed by atoms with Gasteiger partial charge in [0.25, 0.3) is 5.91 Å².